The molecular formula is C62H117NO5. The Hall–Kier alpha value is -1.92. The van der Waals surface area contributed by atoms with Crippen LogP contribution in [-0.4, -0.2) is 47.4 Å². The van der Waals surface area contributed by atoms with E-state index in [0.29, 0.717) is 19.4 Å². The fourth-order valence-corrected chi connectivity index (χ4v) is 9.21. The standard InChI is InChI=1S/C62H117NO5/c1-3-5-7-9-11-13-15-16-17-18-26-29-32-36-40-44-48-52-56-62(67)68-57-53-49-45-41-37-33-30-27-24-22-20-19-21-23-25-28-31-35-39-43-47-51-55-61(66)63-59(58-64)60(65)54-50-46-42-38-34-14-12-10-8-6-4-2/h17-18,21,23,50,54,59-60,64-65H,3-16,19-20,22,24-49,51-53,55-58H2,1-2H3,(H,63,66)/b18-17-,23-21-,54-50+. The molecule has 0 saturated heterocycles. The van der Waals surface area contributed by atoms with Gasteiger partial charge in [-0.2, -0.15) is 0 Å². The summed E-state index contributed by atoms with van der Waals surface area (Å²) in [5.74, 6) is -0.0699. The number of hydrogen-bond acceptors (Lipinski definition) is 5. The highest BCUT2D eigenvalue weighted by molar-refractivity contribution is 5.76. The average molecular weight is 957 g/mol. The van der Waals surface area contributed by atoms with Crippen LogP contribution >= 0.6 is 0 Å². The summed E-state index contributed by atoms with van der Waals surface area (Å²) in [7, 11) is 0. The maximum atomic E-state index is 12.4. The van der Waals surface area contributed by atoms with Crippen molar-refractivity contribution in [2.45, 2.75) is 334 Å². The van der Waals surface area contributed by atoms with Crippen molar-refractivity contribution >= 4 is 11.9 Å². The Labute approximate surface area is 424 Å². The molecule has 0 aromatic carbocycles. The predicted molar refractivity (Wildman–Crippen MR) is 296 cm³/mol. The Bertz CT molecular complexity index is 1100. The molecule has 0 spiro atoms. The molecule has 1 amide bonds. The third kappa shape index (κ3) is 53.4. The second-order valence-electron chi connectivity index (χ2n) is 20.7. The molecule has 0 aromatic rings. The Kier molecular flexibility index (Phi) is 56.0. The molecular weight excluding hydrogens is 839 g/mol. The number of allylic oxidation sites excluding steroid dienone is 5. The van der Waals surface area contributed by atoms with Gasteiger partial charge in [0.05, 0.1) is 25.4 Å². The number of esters is 1. The molecule has 0 saturated carbocycles. The molecule has 0 radical (unpaired) electrons. The van der Waals surface area contributed by atoms with E-state index in [-0.39, 0.29) is 18.5 Å². The number of unbranched alkanes of at least 4 members (excludes halogenated alkanes) is 41. The molecule has 0 rings (SSSR count). The van der Waals surface area contributed by atoms with Crippen molar-refractivity contribution in [3.63, 3.8) is 0 Å². The van der Waals surface area contributed by atoms with Crippen molar-refractivity contribution in [2.75, 3.05) is 13.2 Å². The van der Waals surface area contributed by atoms with E-state index in [1.165, 1.54) is 244 Å². The lowest BCUT2D eigenvalue weighted by atomic mass is 10.0. The van der Waals surface area contributed by atoms with Gasteiger partial charge in [-0.15, -0.1) is 0 Å². The summed E-state index contributed by atoms with van der Waals surface area (Å²) in [5, 5.41) is 23.0. The Balaban J connectivity index is 3.41. The molecule has 0 aliphatic carbocycles. The third-order valence-electron chi connectivity index (χ3n) is 13.9. The molecule has 400 valence electrons. The first kappa shape index (κ1) is 66.1. The number of carbonyl (C=O) groups excluding carboxylic acids is 2. The van der Waals surface area contributed by atoms with Crippen molar-refractivity contribution in [3.05, 3.63) is 36.5 Å². The van der Waals surface area contributed by atoms with Crippen LogP contribution in [0.3, 0.4) is 0 Å². The van der Waals surface area contributed by atoms with Gasteiger partial charge in [0.15, 0.2) is 0 Å². The first-order valence-corrected chi connectivity index (χ1v) is 30.3. The SMILES string of the molecule is CCCCCCCCC/C=C\CCCCCCCCCC(=O)OCCCCCCCCCCCCC/C=C\CCCCCCCCCC(=O)NC(CO)C(O)/C=C/CCCCCCCCCCC. The molecule has 0 bridgehead atoms. The number of aliphatic hydroxyl groups is 2. The van der Waals surface area contributed by atoms with Gasteiger partial charge in [0.1, 0.15) is 0 Å². The van der Waals surface area contributed by atoms with Crippen molar-refractivity contribution in [1.82, 2.24) is 5.32 Å². The molecule has 0 aliphatic rings. The van der Waals surface area contributed by atoms with Crippen LogP contribution < -0.4 is 5.32 Å². The van der Waals surface area contributed by atoms with Crippen LogP contribution in [0.1, 0.15) is 322 Å². The number of rotatable bonds is 56. The zero-order chi connectivity index (χ0) is 49.3. The lowest BCUT2D eigenvalue weighted by Gasteiger charge is -2.20. The quantitative estimate of drug-likeness (QED) is 0.0321. The van der Waals surface area contributed by atoms with Crippen molar-refractivity contribution in [3.8, 4) is 0 Å². The molecule has 0 fully saturated rings. The zero-order valence-electron chi connectivity index (χ0n) is 45.6. The van der Waals surface area contributed by atoms with Gasteiger partial charge in [-0.05, 0) is 83.5 Å². The first-order chi connectivity index (χ1) is 33.5. The number of aliphatic hydroxyl groups excluding tert-OH is 2. The summed E-state index contributed by atoms with van der Waals surface area (Å²) in [6, 6.07) is -0.632. The molecule has 68 heavy (non-hydrogen) atoms. The molecule has 0 aromatic heterocycles. The minimum absolute atomic E-state index is 0.00627. The minimum atomic E-state index is -0.847. The van der Waals surface area contributed by atoms with Gasteiger partial charge in [-0.1, -0.05) is 262 Å². The van der Waals surface area contributed by atoms with E-state index < -0.39 is 12.1 Å². The highest BCUT2D eigenvalue weighted by Crippen LogP contribution is 2.16. The van der Waals surface area contributed by atoms with Gasteiger partial charge in [0, 0.05) is 12.8 Å². The lowest BCUT2D eigenvalue weighted by molar-refractivity contribution is -0.143. The summed E-state index contributed by atoms with van der Waals surface area (Å²) in [6.45, 7) is 4.89. The summed E-state index contributed by atoms with van der Waals surface area (Å²) >= 11 is 0. The van der Waals surface area contributed by atoms with Gasteiger partial charge < -0.3 is 20.3 Å². The molecule has 0 heterocycles. The number of hydrogen-bond donors (Lipinski definition) is 3. The van der Waals surface area contributed by atoms with Gasteiger partial charge in [0.25, 0.3) is 0 Å². The number of carbonyl (C=O) groups is 2. The van der Waals surface area contributed by atoms with E-state index in [1.54, 1.807) is 6.08 Å². The second-order valence-corrected chi connectivity index (χ2v) is 20.7. The topological polar surface area (TPSA) is 95.9 Å². The van der Waals surface area contributed by atoms with Gasteiger partial charge in [-0.25, -0.2) is 0 Å². The monoisotopic (exact) mass is 956 g/mol. The molecule has 6 nitrogen and oxygen atoms in total. The highest BCUT2D eigenvalue weighted by atomic mass is 16.5. The Morgan fingerprint density at radius 3 is 1.04 bits per heavy atom. The van der Waals surface area contributed by atoms with Gasteiger partial charge in [-0.3, -0.25) is 9.59 Å². The van der Waals surface area contributed by atoms with Crippen LogP contribution in [-0.2, 0) is 14.3 Å². The maximum absolute atomic E-state index is 12.4. The van der Waals surface area contributed by atoms with Crippen molar-refractivity contribution < 1.29 is 24.5 Å². The molecule has 6 heteroatoms. The summed E-state index contributed by atoms with van der Waals surface area (Å²) in [5.41, 5.74) is 0. The normalized spacial score (nSPS) is 12.8. The fraction of sp³-hybridized carbons (Fsp3) is 0.871. The van der Waals surface area contributed by atoms with Crippen LogP contribution in [0.15, 0.2) is 36.5 Å². The summed E-state index contributed by atoms with van der Waals surface area (Å²) in [4.78, 5) is 24.5. The number of ether oxygens (including phenoxy) is 1. The first-order valence-electron chi connectivity index (χ1n) is 30.3. The smallest absolute Gasteiger partial charge is 0.305 e. The van der Waals surface area contributed by atoms with E-state index in [9.17, 15) is 19.8 Å². The zero-order valence-corrected chi connectivity index (χ0v) is 45.6. The van der Waals surface area contributed by atoms with E-state index in [2.05, 4.69) is 43.5 Å². The molecule has 0 aliphatic heterocycles. The van der Waals surface area contributed by atoms with Crippen LogP contribution in [0.5, 0.6) is 0 Å². The maximum Gasteiger partial charge on any atom is 0.305 e. The molecule has 3 N–H and O–H groups in total. The third-order valence-corrected chi connectivity index (χ3v) is 13.9. The second kappa shape index (κ2) is 57.7. The predicted octanol–water partition coefficient (Wildman–Crippen LogP) is 18.8. The number of amides is 1. The van der Waals surface area contributed by atoms with Crippen LogP contribution in [0.2, 0.25) is 0 Å². The van der Waals surface area contributed by atoms with Crippen molar-refractivity contribution in [1.29, 1.82) is 0 Å². The van der Waals surface area contributed by atoms with E-state index >= 15 is 0 Å². The van der Waals surface area contributed by atoms with Crippen LogP contribution in [0, 0.1) is 0 Å². The molecule has 2 atom stereocenters. The average Bonchev–Trinajstić information content (AvgIpc) is 3.34. The van der Waals surface area contributed by atoms with Gasteiger partial charge >= 0.3 is 5.97 Å². The lowest BCUT2D eigenvalue weighted by Crippen LogP contribution is -2.45. The van der Waals surface area contributed by atoms with E-state index in [1.807, 2.05) is 6.08 Å². The van der Waals surface area contributed by atoms with E-state index in [4.69, 9.17) is 4.74 Å². The highest BCUT2D eigenvalue weighted by Gasteiger charge is 2.18. The van der Waals surface area contributed by atoms with Crippen molar-refractivity contribution in [2.24, 2.45) is 0 Å². The molecule has 2 unspecified atom stereocenters. The van der Waals surface area contributed by atoms with Crippen LogP contribution in [0.4, 0.5) is 0 Å². The van der Waals surface area contributed by atoms with Crippen LogP contribution in [0.25, 0.3) is 0 Å². The largest absolute Gasteiger partial charge is 0.466 e. The van der Waals surface area contributed by atoms with E-state index in [0.717, 1.165) is 51.4 Å². The fourth-order valence-electron chi connectivity index (χ4n) is 9.21. The Morgan fingerprint density at radius 2 is 0.691 bits per heavy atom. The summed E-state index contributed by atoms with van der Waals surface area (Å²) in [6.07, 6.45) is 71.8. The Morgan fingerprint density at radius 1 is 0.397 bits per heavy atom. The number of nitrogens with one attached hydrogen (secondary N) is 1. The summed E-state index contributed by atoms with van der Waals surface area (Å²) < 4.78 is 5.49. The van der Waals surface area contributed by atoms with Gasteiger partial charge in [0.2, 0.25) is 5.91 Å². The minimum Gasteiger partial charge on any atom is -0.466 e.